The van der Waals surface area contributed by atoms with Crippen molar-refractivity contribution in [1.29, 1.82) is 0 Å². The van der Waals surface area contributed by atoms with Crippen LogP contribution >= 0.6 is 0 Å². The highest BCUT2D eigenvalue weighted by atomic mass is 16.1. The van der Waals surface area contributed by atoms with E-state index in [0.29, 0.717) is 6.42 Å². The quantitative estimate of drug-likeness (QED) is 0.791. The van der Waals surface area contributed by atoms with E-state index >= 15 is 0 Å². The van der Waals surface area contributed by atoms with Crippen molar-refractivity contribution < 1.29 is 4.79 Å². The molecule has 0 saturated carbocycles. The molecule has 0 radical (unpaired) electrons. The van der Waals surface area contributed by atoms with E-state index in [9.17, 15) is 4.79 Å². The van der Waals surface area contributed by atoms with Crippen molar-refractivity contribution in [2.24, 2.45) is 11.5 Å². The highest BCUT2D eigenvalue weighted by Crippen LogP contribution is 2.22. The molecule has 5 nitrogen and oxygen atoms in total. The normalized spacial score (nSPS) is 20.5. The van der Waals surface area contributed by atoms with Crippen LogP contribution in [0.15, 0.2) is 30.3 Å². The molecule has 1 unspecified atom stereocenters. The minimum absolute atomic E-state index is 0.460. The summed E-state index contributed by atoms with van der Waals surface area (Å²) in [7, 11) is 2.12. The maximum absolute atomic E-state index is 11.8. The molecule has 110 valence electrons. The maximum Gasteiger partial charge on any atom is 0.242 e. The molecule has 1 heterocycles. The summed E-state index contributed by atoms with van der Waals surface area (Å²) < 4.78 is 0. The molecular formula is C15H24N4O. The average Bonchev–Trinajstić information content (AvgIpc) is 2.47. The standard InChI is InChI=1S/C15H24N4O/c1-18-9-11-19(12-10-18)8-7-15(17,14(16)20)13-5-3-2-4-6-13/h2-6H,7-12,17H2,1H3,(H2,16,20). The molecule has 1 atom stereocenters. The smallest absolute Gasteiger partial charge is 0.242 e. The van der Waals surface area contributed by atoms with Gasteiger partial charge in [-0.05, 0) is 19.0 Å². The van der Waals surface area contributed by atoms with Gasteiger partial charge in [0.15, 0.2) is 0 Å². The second-order valence-electron chi connectivity index (χ2n) is 5.60. The van der Waals surface area contributed by atoms with Gasteiger partial charge in [0.2, 0.25) is 5.91 Å². The van der Waals surface area contributed by atoms with Crippen molar-refractivity contribution in [2.45, 2.75) is 12.0 Å². The third-order valence-electron chi connectivity index (χ3n) is 4.15. The Hall–Kier alpha value is -1.43. The summed E-state index contributed by atoms with van der Waals surface area (Å²) >= 11 is 0. The fourth-order valence-electron chi connectivity index (χ4n) is 2.55. The first-order valence-electron chi connectivity index (χ1n) is 7.07. The Labute approximate surface area is 120 Å². The first-order chi connectivity index (χ1) is 9.52. The van der Waals surface area contributed by atoms with Gasteiger partial charge in [-0.1, -0.05) is 30.3 Å². The number of hydrogen-bond acceptors (Lipinski definition) is 4. The Balaban J connectivity index is 2.01. The van der Waals surface area contributed by atoms with Gasteiger partial charge in [-0.15, -0.1) is 0 Å². The van der Waals surface area contributed by atoms with Crippen LogP contribution in [0.5, 0.6) is 0 Å². The molecule has 5 heteroatoms. The van der Waals surface area contributed by atoms with Crippen LogP contribution < -0.4 is 11.5 Å². The Morgan fingerprint density at radius 3 is 2.35 bits per heavy atom. The van der Waals surface area contributed by atoms with Crippen LogP contribution in [0.2, 0.25) is 0 Å². The fraction of sp³-hybridized carbons (Fsp3) is 0.533. The Kier molecular flexibility index (Phi) is 4.75. The zero-order valence-electron chi connectivity index (χ0n) is 12.1. The van der Waals surface area contributed by atoms with Crippen molar-refractivity contribution in [1.82, 2.24) is 9.80 Å². The number of carbonyl (C=O) groups excluding carboxylic acids is 1. The largest absolute Gasteiger partial charge is 0.368 e. The number of piperazine rings is 1. The fourth-order valence-corrected chi connectivity index (χ4v) is 2.55. The third-order valence-corrected chi connectivity index (χ3v) is 4.15. The SMILES string of the molecule is CN1CCN(CCC(N)(C(N)=O)c2ccccc2)CC1. The Morgan fingerprint density at radius 2 is 1.80 bits per heavy atom. The lowest BCUT2D eigenvalue weighted by atomic mass is 9.86. The van der Waals surface area contributed by atoms with Gasteiger partial charge < -0.3 is 21.3 Å². The van der Waals surface area contributed by atoms with Crippen molar-refractivity contribution in [2.75, 3.05) is 39.8 Å². The van der Waals surface area contributed by atoms with Crippen LogP contribution in [0.1, 0.15) is 12.0 Å². The second kappa shape index (κ2) is 6.35. The van der Waals surface area contributed by atoms with E-state index in [-0.39, 0.29) is 0 Å². The highest BCUT2D eigenvalue weighted by Gasteiger charge is 2.34. The number of likely N-dealkylation sites (N-methyl/N-ethyl adjacent to an activating group) is 1. The highest BCUT2D eigenvalue weighted by molar-refractivity contribution is 5.85. The summed E-state index contributed by atoms with van der Waals surface area (Å²) in [6.07, 6.45) is 0.552. The number of rotatable bonds is 5. The zero-order valence-corrected chi connectivity index (χ0v) is 12.1. The summed E-state index contributed by atoms with van der Waals surface area (Å²) in [5, 5.41) is 0. The Bertz CT molecular complexity index is 442. The maximum atomic E-state index is 11.8. The molecule has 1 amide bonds. The molecule has 1 saturated heterocycles. The van der Waals surface area contributed by atoms with E-state index in [1.165, 1.54) is 0 Å². The van der Waals surface area contributed by atoms with E-state index in [1.807, 2.05) is 30.3 Å². The van der Waals surface area contributed by atoms with E-state index in [4.69, 9.17) is 11.5 Å². The molecule has 2 rings (SSSR count). The van der Waals surface area contributed by atoms with Gasteiger partial charge >= 0.3 is 0 Å². The van der Waals surface area contributed by atoms with Gasteiger partial charge in [0.1, 0.15) is 5.54 Å². The molecule has 1 aromatic rings. The van der Waals surface area contributed by atoms with Gasteiger partial charge in [0, 0.05) is 32.7 Å². The first-order valence-corrected chi connectivity index (χ1v) is 7.07. The van der Waals surface area contributed by atoms with Crippen LogP contribution in [0.25, 0.3) is 0 Å². The lowest BCUT2D eigenvalue weighted by molar-refractivity contribution is -0.123. The van der Waals surface area contributed by atoms with Crippen LogP contribution in [-0.2, 0) is 10.3 Å². The Morgan fingerprint density at radius 1 is 1.20 bits per heavy atom. The molecule has 1 aromatic carbocycles. The van der Waals surface area contributed by atoms with E-state index < -0.39 is 11.4 Å². The molecule has 0 bridgehead atoms. The average molecular weight is 276 g/mol. The number of nitrogens with zero attached hydrogens (tertiary/aromatic N) is 2. The molecule has 4 N–H and O–H groups in total. The summed E-state index contributed by atoms with van der Waals surface area (Å²) in [5.41, 5.74) is 11.6. The molecule has 0 spiro atoms. The van der Waals surface area contributed by atoms with Crippen molar-refractivity contribution in [3.63, 3.8) is 0 Å². The van der Waals surface area contributed by atoms with Crippen molar-refractivity contribution in [3.8, 4) is 0 Å². The number of nitrogens with two attached hydrogens (primary N) is 2. The number of hydrogen-bond donors (Lipinski definition) is 2. The molecular weight excluding hydrogens is 252 g/mol. The summed E-state index contributed by atoms with van der Waals surface area (Å²) in [5.74, 6) is -0.460. The topological polar surface area (TPSA) is 75.6 Å². The van der Waals surface area contributed by atoms with E-state index in [1.54, 1.807) is 0 Å². The first kappa shape index (κ1) is 15.0. The van der Waals surface area contributed by atoms with Crippen LogP contribution in [-0.4, -0.2) is 55.5 Å². The van der Waals surface area contributed by atoms with Gasteiger partial charge in [0.25, 0.3) is 0 Å². The minimum Gasteiger partial charge on any atom is -0.368 e. The van der Waals surface area contributed by atoms with Crippen LogP contribution in [0, 0.1) is 0 Å². The monoisotopic (exact) mass is 276 g/mol. The molecule has 20 heavy (non-hydrogen) atoms. The number of benzene rings is 1. The number of amides is 1. The van der Waals surface area contributed by atoms with Gasteiger partial charge in [0.05, 0.1) is 0 Å². The third kappa shape index (κ3) is 3.36. The summed E-state index contributed by atoms with van der Waals surface area (Å²) in [4.78, 5) is 16.5. The van der Waals surface area contributed by atoms with Crippen LogP contribution in [0.4, 0.5) is 0 Å². The number of carbonyl (C=O) groups is 1. The zero-order chi connectivity index (χ0) is 14.6. The second-order valence-corrected chi connectivity index (χ2v) is 5.60. The molecule has 0 aromatic heterocycles. The van der Waals surface area contributed by atoms with E-state index in [2.05, 4.69) is 16.8 Å². The number of primary amides is 1. The summed E-state index contributed by atoms with van der Waals surface area (Å²) in [6.45, 7) is 4.93. The van der Waals surface area contributed by atoms with Gasteiger partial charge in [-0.25, -0.2) is 0 Å². The van der Waals surface area contributed by atoms with Crippen molar-refractivity contribution in [3.05, 3.63) is 35.9 Å². The van der Waals surface area contributed by atoms with E-state index in [0.717, 1.165) is 38.3 Å². The van der Waals surface area contributed by atoms with Gasteiger partial charge in [-0.2, -0.15) is 0 Å². The molecule has 1 fully saturated rings. The molecule has 1 aliphatic heterocycles. The predicted octanol–water partition coefficient (Wildman–Crippen LogP) is -0.0366. The molecule has 0 aliphatic carbocycles. The minimum atomic E-state index is -1.08. The lowest BCUT2D eigenvalue weighted by Crippen LogP contribution is -2.52. The van der Waals surface area contributed by atoms with Gasteiger partial charge in [-0.3, -0.25) is 4.79 Å². The lowest BCUT2D eigenvalue weighted by Gasteiger charge is -2.35. The predicted molar refractivity (Wildman–Crippen MR) is 80.1 cm³/mol. The summed E-state index contributed by atoms with van der Waals surface area (Å²) in [6, 6.07) is 9.42. The van der Waals surface area contributed by atoms with Crippen molar-refractivity contribution >= 4 is 5.91 Å². The molecule has 1 aliphatic rings. The van der Waals surface area contributed by atoms with Crippen LogP contribution in [0.3, 0.4) is 0 Å².